The first-order chi connectivity index (χ1) is 12.9. The predicted molar refractivity (Wildman–Crippen MR) is 101 cm³/mol. The van der Waals surface area contributed by atoms with Gasteiger partial charge in [0.25, 0.3) is 5.91 Å². The van der Waals surface area contributed by atoms with Crippen molar-refractivity contribution < 1.29 is 14.0 Å². The zero-order chi connectivity index (χ0) is 19.4. The van der Waals surface area contributed by atoms with Crippen LogP contribution in [0, 0.1) is 12.7 Å². The van der Waals surface area contributed by atoms with Gasteiger partial charge in [-0.15, -0.1) is 0 Å². The number of benzene rings is 2. The number of carbonyl (C=O) groups is 2. The van der Waals surface area contributed by atoms with Crippen LogP contribution in [0.15, 0.2) is 54.6 Å². The highest BCUT2D eigenvalue weighted by Crippen LogP contribution is 2.18. The first-order valence-electron chi connectivity index (χ1n) is 8.22. The van der Waals surface area contributed by atoms with Crippen LogP contribution in [-0.2, 0) is 0 Å². The summed E-state index contributed by atoms with van der Waals surface area (Å²) in [5, 5.41) is 5.47. The third-order valence-electron chi connectivity index (χ3n) is 3.73. The second-order valence-electron chi connectivity index (χ2n) is 5.91. The number of carbonyl (C=O) groups excluding carboxylic acids is 2. The molecule has 3 rings (SSSR count). The summed E-state index contributed by atoms with van der Waals surface area (Å²) in [4.78, 5) is 32.3. The summed E-state index contributed by atoms with van der Waals surface area (Å²) in [7, 11) is 0. The molecule has 0 spiro atoms. The molecule has 0 radical (unpaired) electrons. The van der Waals surface area contributed by atoms with Crippen molar-refractivity contribution >= 4 is 29.0 Å². The van der Waals surface area contributed by atoms with Gasteiger partial charge in [0, 0.05) is 16.9 Å². The van der Waals surface area contributed by atoms with Crippen LogP contribution < -0.4 is 10.6 Å². The van der Waals surface area contributed by atoms with Crippen LogP contribution in [0.1, 0.15) is 33.5 Å². The maximum absolute atomic E-state index is 13.8. The summed E-state index contributed by atoms with van der Waals surface area (Å²) in [6, 6.07) is 14.3. The fourth-order valence-electron chi connectivity index (χ4n) is 2.43. The number of ketones is 1. The topological polar surface area (TPSA) is 84.0 Å². The van der Waals surface area contributed by atoms with E-state index in [-0.39, 0.29) is 23.1 Å². The molecular formula is C20H17FN4O2. The lowest BCUT2D eigenvalue weighted by atomic mass is 10.1. The molecule has 0 saturated carbocycles. The van der Waals surface area contributed by atoms with Crippen molar-refractivity contribution in [2.45, 2.75) is 13.8 Å². The molecule has 1 aromatic heterocycles. The fourth-order valence-corrected chi connectivity index (χ4v) is 2.43. The van der Waals surface area contributed by atoms with E-state index in [4.69, 9.17) is 0 Å². The third kappa shape index (κ3) is 4.52. The number of hydrogen-bond donors (Lipinski definition) is 2. The average molecular weight is 364 g/mol. The van der Waals surface area contributed by atoms with E-state index in [0.29, 0.717) is 16.9 Å². The molecule has 0 saturated heterocycles. The van der Waals surface area contributed by atoms with E-state index >= 15 is 0 Å². The maximum atomic E-state index is 13.8. The largest absolute Gasteiger partial charge is 0.322 e. The van der Waals surface area contributed by atoms with Gasteiger partial charge in [-0.3, -0.25) is 9.59 Å². The van der Waals surface area contributed by atoms with Crippen molar-refractivity contribution in [3.63, 3.8) is 0 Å². The van der Waals surface area contributed by atoms with Gasteiger partial charge in [0.1, 0.15) is 11.5 Å². The zero-order valence-electron chi connectivity index (χ0n) is 14.8. The monoisotopic (exact) mass is 364 g/mol. The number of anilines is 3. The van der Waals surface area contributed by atoms with Crippen molar-refractivity contribution in [3.05, 3.63) is 77.4 Å². The fraction of sp³-hybridized carbons (Fsp3) is 0.100. The quantitative estimate of drug-likeness (QED) is 0.665. The van der Waals surface area contributed by atoms with Crippen LogP contribution in [-0.4, -0.2) is 21.7 Å². The second-order valence-corrected chi connectivity index (χ2v) is 5.91. The Morgan fingerprint density at radius 2 is 1.78 bits per heavy atom. The Kier molecular flexibility index (Phi) is 5.21. The van der Waals surface area contributed by atoms with Crippen LogP contribution >= 0.6 is 0 Å². The average Bonchev–Trinajstić information content (AvgIpc) is 2.63. The molecule has 1 heterocycles. The molecule has 0 aliphatic heterocycles. The van der Waals surface area contributed by atoms with Crippen molar-refractivity contribution in [2.24, 2.45) is 0 Å². The van der Waals surface area contributed by atoms with Crippen LogP contribution in [0.2, 0.25) is 0 Å². The van der Waals surface area contributed by atoms with Gasteiger partial charge in [-0.05, 0) is 44.2 Å². The zero-order valence-corrected chi connectivity index (χ0v) is 14.8. The molecule has 7 heteroatoms. The number of Topliss-reactive ketones (excluding diaryl/α,β-unsaturated/α-hetero) is 1. The summed E-state index contributed by atoms with van der Waals surface area (Å²) >= 11 is 0. The Hall–Kier alpha value is -3.61. The summed E-state index contributed by atoms with van der Waals surface area (Å²) < 4.78 is 13.8. The maximum Gasteiger partial charge on any atom is 0.274 e. The molecule has 27 heavy (non-hydrogen) atoms. The van der Waals surface area contributed by atoms with E-state index in [1.54, 1.807) is 49.4 Å². The highest BCUT2D eigenvalue weighted by molar-refractivity contribution is 6.04. The van der Waals surface area contributed by atoms with Gasteiger partial charge >= 0.3 is 0 Å². The predicted octanol–water partition coefficient (Wildman–Crippen LogP) is 4.12. The number of hydrogen-bond acceptors (Lipinski definition) is 5. The molecule has 0 bridgehead atoms. The van der Waals surface area contributed by atoms with Crippen molar-refractivity contribution in [2.75, 3.05) is 10.6 Å². The molecule has 0 aliphatic carbocycles. The lowest BCUT2D eigenvalue weighted by Crippen LogP contribution is -2.16. The Bertz CT molecular complexity index is 1020. The summed E-state index contributed by atoms with van der Waals surface area (Å²) in [6.07, 6.45) is 0. The third-order valence-corrected chi connectivity index (χ3v) is 3.73. The van der Waals surface area contributed by atoms with Gasteiger partial charge in [-0.2, -0.15) is 0 Å². The molecule has 0 atom stereocenters. The second kappa shape index (κ2) is 7.74. The van der Waals surface area contributed by atoms with Crippen LogP contribution in [0.25, 0.3) is 0 Å². The van der Waals surface area contributed by atoms with Crippen LogP contribution in [0.5, 0.6) is 0 Å². The summed E-state index contributed by atoms with van der Waals surface area (Å²) in [5.41, 5.74) is 1.85. The number of aryl methyl sites for hydroxylation is 1. The van der Waals surface area contributed by atoms with Crippen molar-refractivity contribution in [1.82, 2.24) is 9.97 Å². The van der Waals surface area contributed by atoms with E-state index in [2.05, 4.69) is 20.6 Å². The van der Waals surface area contributed by atoms with Crippen molar-refractivity contribution in [1.29, 1.82) is 0 Å². The molecular weight excluding hydrogens is 347 g/mol. The number of nitrogens with zero attached hydrogens (tertiary/aromatic N) is 2. The van der Waals surface area contributed by atoms with Gasteiger partial charge < -0.3 is 10.6 Å². The number of halogens is 1. The van der Waals surface area contributed by atoms with E-state index in [9.17, 15) is 14.0 Å². The SMILES string of the molecule is CC(=O)c1cccc(NC(=O)c2cc(C)nc(Nc3ccccc3F)n2)c1. The van der Waals surface area contributed by atoms with Crippen LogP contribution in [0.3, 0.4) is 0 Å². The normalized spacial score (nSPS) is 10.3. The highest BCUT2D eigenvalue weighted by atomic mass is 19.1. The van der Waals surface area contributed by atoms with Crippen LogP contribution in [0.4, 0.5) is 21.7 Å². The van der Waals surface area contributed by atoms with E-state index in [1.165, 1.54) is 19.1 Å². The van der Waals surface area contributed by atoms with Gasteiger partial charge in [0.05, 0.1) is 5.69 Å². The number of para-hydroxylation sites is 1. The van der Waals surface area contributed by atoms with E-state index in [0.717, 1.165) is 0 Å². The van der Waals surface area contributed by atoms with Gasteiger partial charge in [0.2, 0.25) is 5.95 Å². The first-order valence-corrected chi connectivity index (χ1v) is 8.22. The molecule has 2 aromatic carbocycles. The molecule has 0 aliphatic rings. The minimum absolute atomic E-state index is 0.0969. The standard InChI is InChI=1S/C20H17FN4O2/c1-12-10-18(19(27)23-15-7-5-6-14(11-15)13(2)26)25-20(22-12)24-17-9-4-3-8-16(17)21/h3-11H,1-2H3,(H,23,27)(H,22,24,25). The minimum Gasteiger partial charge on any atom is -0.322 e. The first kappa shape index (κ1) is 18.2. The van der Waals surface area contributed by atoms with E-state index < -0.39 is 11.7 Å². The lowest BCUT2D eigenvalue weighted by Gasteiger charge is -2.10. The number of aromatic nitrogens is 2. The Morgan fingerprint density at radius 1 is 1.00 bits per heavy atom. The Morgan fingerprint density at radius 3 is 2.52 bits per heavy atom. The lowest BCUT2D eigenvalue weighted by molar-refractivity contribution is 0.100. The molecule has 6 nitrogen and oxygen atoms in total. The molecule has 0 unspecified atom stereocenters. The highest BCUT2D eigenvalue weighted by Gasteiger charge is 2.13. The molecule has 0 fully saturated rings. The number of amides is 1. The number of nitrogens with one attached hydrogen (secondary N) is 2. The Balaban J connectivity index is 1.83. The van der Waals surface area contributed by atoms with Gasteiger partial charge in [0.15, 0.2) is 5.78 Å². The van der Waals surface area contributed by atoms with Crippen molar-refractivity contribution in [3.8, 4) is 0 Å². The molecule has 1 amide bonds. The molecule has 2 N–H and O–H groups in total. The Labute approximate surface area is 155 Å². The smallest absolute Gasteiger partial charge is 0.274 e. The van der Waals surface area contributed by atoms with Gasteiger partial charge in [-0.1, -0.05) is 24.3 Å². The minimum atomic E-state index is -0.460. The van der Waals surface area contributed by atoms with E-state index in [1.807, 2.05) is 0 Å². The van der Waals surface area contributed by atoms with Gasteiger partial charge in [-0.25, -0.2) is 14.4 Å². The molecule has 3 aromatic rings. The summed E-state index contributed by atoms with van der Waals surface area (Å²) in [6.45, 7) is 3.16. The molecule has 136 valence electrons. The number of rotatable bonds is 5. The summed E-state index contributed by atoms with van der Waals surface area (Å²) in [5.74, 6) is -0.893.